The van der Waals surface area contributed by atoms with Gasteiger partial charge in [-0.1, -0.05) is 0 Å². The second-order valence-corrected chi connectivity index (χ2v) is 5.91. The van der Waals surface area contributed by atoms with Crippen molar-refractivity contribution in [2.24, 2.45) is 5.41 Å². The molecule has 0 atom stereocenters. The van der Waals surface area contributed by atoms with Crippen LogP contribution in [0.3, 0.4) is 0 Å². The van der Waals surface area contributed by atoms with Gasteiger partial charge in [0.05, 0.1) is 5.41 Å². The number of hydrogen-bond donors (Lipinski definition) is 3. The summed E-state index contributed by atoms with van der Waals surface area (Å²) in [5, 5.41) is 13.8. The number of carboxylic acids is 1. The zero-order valence-corrected chi connectivity index (χ0v) is 11.9. The van der Waals surface area contributed by atoms with Crippen LogP contribution >= 0.6 is 0 Å². The standard InChI is InChI=1S/C12H19N3O5/c1-11(2,9(18)19)6-13-7(16)5-15-8(17)12(3,4)14-10(15)20/h5-6H2,1-4H3,(H,13,16)(H,14,20)(H,18,19). The lowest BCUT2D eigenvalue weighted by molar-refractivity contribution is -0.147. The normalized spacial score (nSPS) is 17.9. The number of aliphatic carboxylic acids is 1. The summed E-state index contributed by atoms with van der Waals surface area (Å²) in [5.41, 5.74) is -2.15. The Hall–Kier alpha value is -2.12. The third-order valence-electron chi connectivity index (χ3n) is 3.05. The van der Waals surface area contributed by atoms with Crippen LogP contribution in [0.25, 0.3) is 0 Å². The van der Waals surface area contributed by atoms with Crippen LogP contribution < -0.4 is 10.6 Å². The molecule has 8 nitrogen and oxygen atoms in total. The molecule has 0 radical (unpaired) electrons. The highest BCUT2D eigenvalue weighted by atomic mass is 16.4. The summed E-state index contributed by atoms with van der Waals surface area (Å²) in [6.07, 6.45) is 0. The van der Waals surface area contributed by atoms with Gasteiger partial charge in [-0.25, -0.2) is 4.79 Å². The minimum atomic E-state index is -1.12. The second kappa shape index (κ2) is 5.10. The summed E-state index contributed by atoms with van der Waals surface area (Å²) < 4.78 is 0. The first-order valence-electron chi connectivity index (χ1n) is 6.11. The van der Waals surface area contributed by atoms with E-state index in [4.69, 9.17) is 5.11 Å². The van der Waals surface area contributed by atoms with Crippen LogP contribution in [0.5, 0.6) is 0 Å². The van der Waals surface area contributed by atoms with Gasteiger partial charge in [-0.15, -0.1) is 0 Å². The van der Waals surface area contributed by atoms with Gasteiger partial charge in [0.15, 0.2) is 0 Å². The summed E-state index contributed by atoms with van der Waals surface area (Å²) in [4.78, 5) is 46.8. The first-order valence-corrected chi connectivity index (χ1v) is 6.11. The molecule has 20 heavy (non-hydrogen) atoms. The molecule has 0 aromatic rings. The van der Waals surface area contributed by atoms with Gasteiger partial charge in [-0.05, 0) is 27.7 Å². The molecule has 0 saturated carbocycles. The van der Waals surface area contributed by atoms with E-state index in [-0.39, 0.29) is 6.54 Å². The van der Waals surface area contributed by atoms with Crippen molar-refractivity contribution in [2.75, 3.05) is 13.1 Å². The third-order valence-corrected chi connectivity index (χ3v) is 3.05. The van der Waals surface area contributed by atoms with Crippen molar-refractivity contribution in [3.63, 3.8) is 0 Å². The summed E-state index contributed by atoms with van der Waals surface area (Å²) in [7, 11) is 0. The Morgan fingerprint density at radius 3 is 2.30 bits per heavy atom. The molecule has 1 rings (SSSR count). The van der Waals surface area contributed by atoms with Crippen LogP contribution in [0.4, 0.5) is 4.79 Å². The van der Waals surface area contributed by atoms with E-state index in [0.717, 1.165) is 4.90 Å². The van der Waals surface area contributed by atoms with Crippen LogP contribution in [-0.4, -0.2) is 52.4 Å². The summed E-state index contributed by atoms with van der Waals surface area (Å²) in [6, 6.07) is -0.632. The van der Waals surface area contributed by atoms with Crippen LogP contribution in [0.2, 0.25) is 0 Å². The lowest BCUT2D eigenvalue weighted by Crippen LogP contribution is -2.45. The van der Waals surface area contributed by atoms with Gasteiger partial charge in [0.25, 0.3) is 5.91 Å². The van der Waals surface area contributed by atoms with Crippen LogP contribution in [0.15, 0.2) is 0 Å². The summed E-state index contributed by atoms with van der Waals surface area (Å²) >= 11 is 0. The average Bonchev–Trinajstić information content (AvgIpc) is 2.49. The highest BCUT2D eigenvalue weighted by molar-refractivity contribution is 6.08. The van der Waals surface area contributed by atoms with Crippen molar-refractivity contribution < 1.29 is 24.3 Å². The molecule has 1 heterocycles. The van der Waals surface area contributed by atoms with Gasteiger partial charge < -0.3 is 15.7 Å². The Balaban J connectivity index is 2.58. The number of amides is 4. The van der Waals surface area contributed by atoms with Gasteiger partial charge in [-0.3, -0.25) is 19.3 Å². The van der Waals surface area contributed by atoms with Crippen molar-refractivity contribution in [1.29, 1.82) is 0 Å². The van der Waals surface area contributed by atoms with Crippen molar-refractivity contribution in [3.8, 4) is 0 Å². The summed E-state index contributed by atoms with van der Waals surface area (Å²) in [5.74, 6) is -2.12. The predicted molar refractivity (Wildman–Crippen MR) is 68.8 cm³/mol. The number of carboxylic acid groups (broad SMARTS) is 1. The highest BCUT2D eigenvalue weighted by Gasteiger charge is 2.44. The third kappa shape index (κ3) is 3.25. The van der Waals surface area contributed by atoms with Gasteiger partial charge in [0.1, 0.15) is 12.1 Å². The Kier molecular flexibility index (Phi) is 4.07. The fourth-order valence-corrected chi connectivity index (χ4v) is 1.56. The van der Waals surface area contributed by atoms with E-state index < -0.39 is 41.3 Å². The number of hydrogen-bond acceptors (Lipinski definition) is 4. The molecule has 1 aliphatic rings. The fourth-order valence-electron chi connectivity index (χ4n) is 1.56. The van der Waals surface area contributed by atoms with Crippen molar-refractivity contribution in [3.05, 3.63) is 0 Å². The van der Waals surface area contributed by atoms with E-state index in [1.807, 2.05) is 0 Å². The molecule has 1 fully saturated rings. The topological polar surface area (TPSA) is 116 Å². The highest BCUT2D eigenvalue weighted by Crippen LogP contribution is 2.16. The Labute approximate surface area is 116 Å². The number of rotatable bonds is 5. The fraction of sp³-hybridized carbons (Fsp3) is 0.667. The number of imide groups is 1. The molecular formula is C12H19N3O5. The first kappa shape index (κ1) is 15.9. The van der Waals surface area contributed by atoms with Crippen molar-refractivity contribution in [2.45, 2.75) is 33.2 Å². The van der Waals surface area contributed by atoms with Crippen molar-refractivity contribution in [1.82, 2.24) is 15.5 Å². The molecule has 0 aliphatic carbocycles. The molecule has 0 spiro atoms. The number of carbonyl (C=O) groups excluding carboxylic acids is 3. The first-order chi connectivity index (χ1) is 8.97. The molecule has 3 N–H and O–H groups in total. The van der Waals surface area contributed by atoms with E-state index in [1.54, 1.807) is 13.8 Å². The maximum Gasteiger partial charge on any atom is 0.325 e. The van der Waals surface area contributed by atoms with Gasteiger partial charge in [-0.2, -0.15) is 0 Å². The predicted octanol–water partition coefficient (Wildman–Crippen LogP) is -0.456. The molecule has 0 aromatic carbocycles. The Morgan fingerprint density at radius 1 is 1.35 bits per heavy atom. The number of carbonyl (C=O) groups is 4. The molecular weight excluding hydrogens is 266 g/mol. The maximum absolute atomic E-state index is 11.9. The van der Waals surface area contributed by atoms with E-state index in [2.05, 4.69) is 10.6 Å². The van der Waals surface area contributed by atoms with Crippen LogP contribution in [0, 0.1) is 5.41 Å². The lowest BCUT2D eigenvalue weighted by Gasteiger charge is -2.20. The number of nitrogens with one attached hydrogen (secondary N) is 2. The zero-order chi connectivity index (χ0) is 15.7. The van der Waals surface area contributed by atoms with Gasteiger partial charge in [0, 0.05) is 6.54 Å². The number of nitrogens with zero attached hydrogens (tertiary/aromatic N) is 1. The largest absolute Gasteiger partial charge is 0.481 e. The Bertz CT molecular complexity index is 470. The molecule has 0 aromatic heterocycles. The average molecular weight is 285 g/mol. The van der Waals surface area contributed by atoms with Crippen LogP contribution in [-0.2, 0) is 14.4 Å². The van der Waals surface area contributed by atoms with E-state index >= 15 is 0 Å². The van der Waals surface area contributed by atoms with E-state index in [9.17, 15) is 19.2 Å². The van der Waals surface area contributed by atoms with Crippen LogP contribution in [0.1, 0.15) is 27.7 Å². The van der Waals surface area contributed by atoms with Gasteiger partial charge >= 0.3 is 12.0 Å². The SMILES string of the molecule is CC(C)(CNC(=O)CN1C(=O)NC(C)(C)C1=O)C(=O)O. The molecule has 0 bridgehead atoms. The molecule has 0 unspecified atom stereocenters. The molecule has 8 heteroatoms. The molecule has 1 aliphatic heterocycles. The molecule has 112 valence electrons. The maximum atomic E-state index is 11.9. The van der Waals surface area contributed by atoms with E-state index in [0.29, 0.717) is 0 Å². The van der Waals surface area contributed by atoms with E-state index in [1.165, 1.54) is 13.8 Å². The minimum Gasteiger partial charge on any atom is -0.481 e. The summed E-state index contributed by atoms with van der Waals surface area (Å²) in [6.45, 7) is 5.49. The monoisotopic (exact) mass is 285 g/mol. The quantitative estimate of drug-likeness (QED) is 0.591. The van der Waals surface area contributed by atoms with Gasteiger partial charge in [0.2, 0.25) is 5.91 Å². The minimum absolute atomic E-state index is 0.0891. The van der Waals surface area contributed by atoms with Crippen molar-refractivity contribution >= 4 is 23.8 Å². The lowest BCUT2D eigenvalue weighted by atomic mass is 9.94. The number of urea groups is 1. The Morgan fingerprint density at radius 2 is 1.90 bits per heavy atom. The molecule has 4 amide bonds. The second-order valence-electron chi connectivity index (χ2n) is 5.91. The molecule has 1 saturated heterocycles. The smallest absolute Gasteiger partial charge is 0.325 e. The zero-order valence-electron chi connectivity index (χ0n) is 11.9.